The molecule has 1 amide bonds. The molecule has 1 aliphatic rings. The molecule has 0 unspecified atom stereocenters. The zero-order chi connectivity index (χ0) is 5.98. The highest BCUT2D eigenvalue weighted by Crippen LogP contribution is 2.00. The van der Waals surface area contributed by atoms with E-state index in [9.17, 15) is 4.79 Å². The van der Waals surface area contributed by atoms with Gasteiger partial charge in [0.25, 0.3) is 0 Å². The smallest absolute Gasteiger partial charge is 0.248 e. The summed E-state index contributed by atoms with van der Waals surface area (Å²) in [6, 6.07) is 0. The van der Waals surface area contributed by atoms with Gasteiger partial charge in [0.05, 0.1) is 0 Å². The summed E-state index contributed by atoms with van der Waals surface area (Å²) >= 11 is 0. The molecular weight excluding hydrogens is 142 g/mol. The Kier molecular flexibility index (Phi) is 3.58. The second kappa shape index (κ2) is 3.69. The standard InChI is InChI=1S/C5H9NO2.ClH/c7-4-2-1-3-6-5(4)8;/h4,7H,1-3H2,(H,6,8);1H/t4-;/m1./s1. The van der Waals surface area contributed by atoms with Crippen LogP contribution >= 0.6 is 12.4 Å². The Morgan fingerprint density at radius 3 is 2.67 bits per heavy atom. The van der Waals surface area contributed by atoms with E-state index in [1.54, 1.807) is 0 Å². The molecule has 0 aliphatic carbocycles. The summed E-state index contributed by atoms with van der Waals surface area (Å²) < 4.78 is 0. The van der Waals surface area contributed by atoms with Crippen molar-refractivity contribution in [2.45, 2.75) is 18.9 Å². The van der Waals surface area contributed by atoms with Crippen molar-refractivity contribution in [1.29, 1.82) is 0 Å². The van der Waals surface area contributed by atoms with Crippen LogP contribution in [0.5, 0.6) is 0 Å². The van der Waals surface area contributed by atoms with Crippen molar-refractivity contribution in [1.82, 2.24) is 5.32 Å². The highest BCUT2D eigenvalue weighted by Gasteiger charge is 2.17. The van der Waals surface area contributed by atoms with E-state index in [4.69, 9.17) is 5.11 Å². The van der Waals surface area contributed by atoms with Gasteiger partial charge in [0, 0.05) is 6.54 Å². The highest BCUT2D eigenvalue weighted by molar-refractivity contribution is 5.85. The Hall–Kier alpha value is -0.280. The number of carbonyl (C=O) groups excluding carboxylic acids is 1. The van der Waals surface area contributed by atoms with Crippen LogP contribution in [0.1, 0.15) is 12.8 Å². The molecule has 1 fully saturated rings. The van der Waals surface area contributed by atoms with Crippen LogP contribution in [0, 0.1) is 0 Å². The average molecular weight is 152 g/mol. The van der Waals surface area contributed by atoms with Gasteiger partial charge in [-0.1, -0.05) is 0 Å². The zero-order valence-corrected chi connectivity index (χ0v) is 5.78. The highest BCUT2D eigenvalue weighted by atomic mass is 35.5. The largest absolute Gasteiger partial charge is 0.383 e. The molecule has 2 N–H and O–H groups in total. The Bertz CT molecular complexity index is 107. The van der Waals surface area contributed by atoms with Gasteiger partial charge in [-0.25, -0.2) is 0 Å². The molecular formula is C5H10ClNO2. The summed E-state index contributed by atoms with van der Waals surface area (Å²) in [4.78, 5) is 10.4. The summed E-state index contributed by atoms with van der Waals surface area (Å²) in [5.74, 6) is -0.226. The number of aliphatic hydroxyl groups excluding tert-OH is 1. The number of hydrogen-bond donors (Lipinski definition) is 2. The van der Waals surface area contributed by atoms with Gasteiger partial charge in [-0.3, -0.25) is 4.79 Å². The molecule has 54 valence electrons. The third-order valence-electron chi connectivity index (χ3n) is 1.26. The van der Waals surface area contributed by atoms with Crippen LogP contribution in [0.25, 0.3) is 0 Å². The minimum absolute atomic E-state index is 0. The van der Waals surface area contributed by atoms with Crippen molar-refractivity contribution in [3.8, 4) is 0 Å². The minimum atomic E-state index is -0.747. The molecule has 1 rings (SSSR count). The number of aliphatic hydroxyl groups is 1. The van der Waals surface area contributed by atoms with Crippen LogP contribution in [-0.2, 0) is 4.79 Å². The molecule has 0 saturated carbocycles. The van der Waals surface area contributed by atoms with E-state index < -0.39 is 6.10 Å². The SMILES string of the molecule is Cl.O=C1NCCC[C@H]1O. The first kappa shape index (κ1) is 8.72. The predicted molar refractivity (Wildman–Crippen MR) is 35.5 cm³/mol. The van der Waals surface area contributed by atoms with Gasteiger partial charge in [0.15, 0.2) is 0 Å². The molecule has 1 atom stereocenters. The molecule has 0 aromatic rings. The molecule has 0 aromatic carbocycles. The Labute approximate surface area is 59.9 Å². The van der Waals surface area contributed by atoms with Gasteiger partial charge in [-0.05, 0) is 12.8 Å². The number of piperidine rings is 1. The molecule has 4 heteroatoms. The lowest BCUT2D eigenvalue weighted by molar-refractivity contribution is -0.131. The lowest BCUT2D eigenvalue weighted by Crippen LogP contribution is -2.39. The summed E-state index contributed by atoms with van der Waals surface area (Å²) in [5, 5.41) is 11.3. The number of halogens is 1. The molecule has 1 heterocycles. The van der Waals surface area contributed by atoms with Gasteiger partial charge in [0.2, 0.25) is 5.91 Å². The molecule has 3 nitrogen and oxygen atoms in total. The maximum atomic E-state index is 10.4. The fourth-order valence-corrected chi connectivity index (χ4v) is 0.756. The van der Waals surface area contributed by atoms with E-state index in [2.05, 4.69) is 5.32 Å². The van der Waals surface area contributed by atoms with Crippen molar-refractivity contribution in [3.63, 3.8) is 0 Å². The first-order valence-electron chi connectivity index (χ1n) is 2.76. The summed E-state index contributed by atoms with van der Waals surface area (Å²) in [7, 11) is 0. The monoisotopic (exact) mass is 151 g/mol. The van der Waals surface area contributed by atoms with Crippen LogP contribution in [0.3, 0.4) is 0 Å². The molecule has 0 aromatic heterocycles. The first-order valence-corrected chi connectivity index (χ1v) is 2.76. The second-order valence-electron chi connectivity index (χ2n) is 1.95. The van der Waals surface area contributed by atoms with E-state index in [1.165, 1.54) is 0 Å². The van der Waals surface area contributed by atoms with Crippen molar-refractivity contribution in [2.75, 3.05) is 6.54 Å². The fourth-order valence-electron chi connectivity index (χ4n) is 0.756. The summed E-state index contributed by atoms with van der Waals surface area (Å²) in [6.07, 6.45) is 0.766. The van der Waals surface area contributed by atoms with Gasteiger partial charge in [-0.2, -0.15) is 0 Å². The average Bonchev–Trinajstić information content (AvgIpc) is 1.77. The van der Waals surface area contributed by atoms with E-state index in [-0.39, 0.29) is 18.3 Å². The third-order valence-corrected chi connectivity index (χ3v) is 1.26. The van der Waals surface area contributed by atoms with Crippen LogP contribution in [-0.4, -0.2) is 23.7 Å². The first-order chi connectivity index (χ1) is 3.80. The fraction of sp³-hybridized carbons (Fsp3) is 0.800. The number of hydrogen-bond acceptors (Lipinski definition) is 2. The Morgan fingerprint density at radius 2 is 2.33 bits per heavy atom. The summed E-state index contributed by atoms with van der Waals surface area (Å²) in [6.45, 7) is 0.718. The van der Waals surface area contributed by atoms with E-state index in [1.807, 2.05) is 0 Å². The molecule has 9 heavy (non-hydrogen) atoms. The van der Waals surface area contributed by atoms with Gasteiger partial charge >= 0.3 is 0 Å². The van der Waals surface area contributed by atoms with Crippen molar-refractivity contribution in [2.24, 2.45) is 0 Å². The molecule has 0 bridgehead atoms. The van der Waals surface area contributed by atoms with Crippen LogP contribution < -0.4 is 5.32 Å². The Morgan fingerprint density at radius 1 is 1.67 bits per heavy atom. The quantitative estimate of drug-likeness (QED) is 0.499. The van der Waals surface area contributed by atoms with Crippen LogP contribution in [0.4, 0.5) is 0 Å². The lowest BCUT2D eigenvalue weighted by Gasteiger charge is -2.15. The van der Waals surface area contributed by atoms with Gasteiger partial charge in [-0.15, -0.1) is 12.4 Å². The molecule has 1 aliphatic heterocycles. The minimum Gasteiger partial charge on any atom is -0.383 e. The maximum absolute atomic E-state index is 10.4. The summed E-state index contributed by atoms with van der Waals surface area (Å²) in [5.41, 5.74) is 0. The number of rotatable bonds is 0. The predicted octanol–water partition coefficient (Wildman–Crippen LogP) is -0.321. The zero-order valence-electron chi connectivity index (χ0n) is 4.96. The third kappa shape index (κ3) is 2.20. The molecule has 1 saturated heterocycles. The topological polar surface area (TPSA) is 49.3 Å². The van der Waals surface area contributed by atoms with Crippen molar-refractivity contribution < 1.29 is 9.90 Å². The second-order valence-corrected chi connectivity index (χ2v) is 1.95. The normalized spacial score (nSPS) is 26.3. The molecule has 0 spiro atoms. The van der Waals surface area contributed by atoms with E-state index in [0.29, 0.717) is 6.42 Å². The van der Waals surface area contributed by atoms with E-state index >= 15 is 0 Å². The number of nitrogens with one attached hydrogen (secondary N) is 1. The van der Waals surface area contributed by atoms with E-state index in [0.717, 1.165) is 13.0 Å². The van der Waals surface area contributed by atoms with Crippen molar-refractivity contribution >= 4 is 18.3 Å². The lowest BCUT2D eigenvalue weighted by atomic mass is 10.1. The maximum Gasteiger partial charge on any atom is 0.248 e. The van der Waals surface area contributed by atoms with Crippen LogP contribution in [0.15, 0.2) is 0 Å². The van der Waals surface area contributed by atoms with Crippen molar-refractivity contribution in [3.05, 3.63) is 0 Å². The van der Waals surface area contributed by atoms with Gasteiger partial charge < -0.3 is 10.4 Å². The van der Waals surface area contributed by atoms with Gasteiger partial charge in [0.1, 0.15) is 6.10 Å². The number of carbonyl (C=O) groups is 1. The number of amides is 1. The van der Waals surface area contributed by atoms with Crippen LogP contribution in [0.2, 0.25) is 0 Å². The Balaban J connectivity index is 0.000000640. The molecule has 0 radical (unpaired) electrons.